The zero-order valence-electron chi connectivity index (χ0n) is 5.69. The predicted molar refractivity (Wildman–Crippen MR) is 33.9 cm³/mol. The van der Waals surface area contributed by atoms with E-state index in [-0.39, 0.29) is 5.97 Å². The van der Waals surface area contributed by atoms with Crippen molar-refractivity contribution in [3.63, 3.8) is 0 Å². The van der Waals surface area contributed by atoms with Crippen LogP contribution in [-0.2, 0) is 9.53 Å². The van der Waals surface area contributed by atoms with E-state index in [0.29, 0.717) is 13.8 Å². The third-order valence-corrected chi connectivity index (χ3v) is 0.453. The Kier molecular flexibility index (Phi) is 12.5. The molecule has 3 heteroatoms. The van der Waals surface area contributed by atoms with Crippen LogP contribution >= 0.6 is 0 Å². The maximum atomic E-state index is 10.1. The number of ether oxygens (including phenoxy) is 1. The fourth-order valence-corrected chi connectivity index (χ4v) is 0.201. The number of alkyl halides is 1. The summed E-state index contributed by atoms with van der Waals surface area (Å²) >= 11 is 0. The van der Waals surface area contributed by atoms with Gasteiger partial charge in [0.1, 0.15) is 0 Å². The maximum absolute atomic E-state index is 10.1. The van der Waals surface area contributed by atoms with Crippen LogP contribution in [0, 0.1) is 0 Å². The second-order valence-electron chi connectivity index (χ2n) is 0.956. The summed E-state index contributed by atoms with van der Waals surface area (Å²) in [6.07, 6.45) is 1.14. The van der Waals surface area contributed by atoms with Crippen molar-refractivity contribution in [1.29, 1.82) is 0 Å². The molecule has 9 heavy (non-hydrogen) atoms. The van der Waals surface area contributed by atoms with Gasteiger partial charge in [-0.3, -0.25) is 4.39 Å². The molecule has 0 bridgehead atoms. The van der Waals surface area contributed by atoms with Crippen molar-refractivity contribution < 1.29 is 13.9 Å². The molecule has 0 aliphatic carbocycles. The van der Waals surface area contributed by atoms with Gasteiger partial charge in [0, 0.05) is 6.08 Å². The van der Waals surface area contributed by atoms with Gasteiger partial charge < -0.3 is 4.74 Å². The van der Waals surface area contributed by atoms with Crippen LogP contribution < -0.4 is 0 Å². The standard InChI is InChI=1S/C5H8O2.CH3F/c1-3-5(6)7-4-2;1-2/h3H,1,4H2,2H3;1H3. The smallest absolute Gasteiger partial charge is 0.330 e. The molecule has 0 amide bonds. The van der Waals surface area contributed by atoms with Crippen LogP contribution in [0.15, 0.2) is 12.7 Å². The molecule has 0 atom stereocenters. The van der Waals surface area contributed by atoms with E-state index >= 15 is 0 Å². The highest BCUT2D eigenvalue weighted by molar-refractivity contribution is 5.81. The first-order valence-corrected chi connectivity index (χ1v) is 2.48. The lowest BCUT2D eigenvalue weighted by atomic mass is 10.6. The first kappa shape index (κ1) is 11.0. The largest absolute Gasteiger partial charge is 0.463 e. The molecular formula is C6H11FO2. The molecule has 0 radical (unpaired) electrons. The molecule has 0 aromatic carbocycles. The van der Waals surface area contributed by atoms with Crippen LogP contribution in [0.5, 0.6) is 0 Å². The summed E-state index contributed by atoms with van der Waals surface area (Å²) in [6, 6.07) is 0. The minimum absolute atomic E-state index is 0.359. The Hall–Kier alpha value is -0.860. The number of hydrogen-bond donors (Lipinski definition) is 0. The summed E-state index contributed by atoms with van der Waals surface area (Å²) in [5.41, 5.74) is 0. The van der Waals surface area contributed by atoms with E-state index in [0.717, 1.165) is 6.08 Å². The fraction of sp³-hybridized carbons (Fsp3) is 0.500. The highest BCUT2D eigenvalue weighted by atomic mass is 19.1. The van der Waals surface area contributed by atoms with E-state index in [1.54, 1.807) is 6.92 Å². The first-order chi connectivity index (χ1) is 4.31. The molecule has 0 fully saturated rings. The summed E-state index contributed by atoms with van der Waals surface area (Å²) in [4.78, 5) is 10.1. The van der Waals surface area contributed by atoms with Crippen molar-refractivity contribution in [2.45, 2.75) is 6.92 Å². The number of carbonyl (C=O) groups excluding carboxylic acids is 1. The van der Waals surface area contributed by atoms with Gasteiger partial charge in [0.15, 0.2) is 0 Å². The summed E-state index contributed by atoms with van der Waals surface area (Å²) in [5, 5.41) is 0. The lowest BCUT2D eigenvalue weighted by Gasteiger charge is -1.90. The van der Waals surface area contributed by atoms with E-state index in [2.05, 4.69) is 11.3 Å². The van der Waals surface area contributed by atoms with Crippen LogP contribution in [0.25, 0.3) is 0 Å². The highest BCUT2D eigenvalue weighted by Gasteiger charge is 1.86. The molecule has 0 aliphatic heterocycles. The summed E-state index contributed by atoms with van der Waals surface area (Å²) < 4.78 is 13.9. The van der Waals surface area contributed by atoms with Gasteiger partial charge in [0.05, 0.1) is 13.8 Å². The third kappa shape index (κ3) is 11.0. The Balaban J connectivity index is 0. The van der Waals surface area contributed by atoms with Crippen LogP contribution in [0.4, 0.5) is 4.39 Å². The van der Waals surface area contributed by atoms with Gasteiger partial charge in [-0.05, 0) is 6.92 Å². The molecular weight excluding hydrogens is 123 g/mol. The second-order valence-corrected chi connectivity index (χ2v) is 0.956. The quantitative estimate of drug-likeness (QED) is 0.420. The van der Waals surface area contributed by atoms with Crippen LogP contribution in [-0.4, -0.2) is 19.8 Å². The van der Waals surface area contributed by atoms with E-state index in [1.807, 2.05) is 0 Å². The number of hydrogen-bond acceptors (Lipinski definition) is 2. The molecule has 0 heterocycles. The lowest BCUT2D eigenvalue weighted by molar-refractivity contribution is -0.137. The van der Waals surface area contributed by atoms with Gasteiger partial charge in [-0.1, -0.05) is 6.58 Å². The summed E-state index contributed by atoms with van der Waals surface area (Å²) in [6.45, 7) is 5.38. The van der Waals surface area contributed by atoms with Crippen molar-refractivity contribution in [2.24, 2.45) is 0 Å². The molecule has 0 aromatic heterocycles. The van der Waals surface area contributed by atoms with E-state index in [4.69, 9.17) is 0 Å². The van der Waals surface area contributed by atoms with Gasteiger partial charge in [-0.15, -0.1) is 0 Å². The Labute approximate surface area is 54.3 Å². The first-order valence-electron chi connectivity index (χ1n) is 2.48. The van der Waals surface area contributed by atoms with Gasteiger partial charge in [-0.25, -0.2) is 4.79 Å². The third-order valence-electron chi connectivity index (χ3n) is 0.453. The zero-order valence-corrected chi connectivity index (χ0v) is 5.69. The minimum Gasteiger partial charge on any atom is -0.463 e. The van der Waals surface area contributed by atoms with Gasteiger partial charge in [0.2, 0.25) is 0 Å². The number of rotatable bonds is 2. The second kappa shape index (κ2) is 10.2. The van der Waals surface area contributed by atoms with Crippen molar-refractivity contribution in [1.82, 2.24) is 0 Å². The monoisotopic (exact) mass is 134 g/mol. The van der Waals surface area contributed by atoms with E-state index in [1.165, 1.54) is 0 Å². The number of carbonyl (C=O) groups is 1. The molecule has 2 nitrogen and oxygen atoms in total. The molecule has 0 saturated heterocycles. The van der Waals surface area contributed by atoms with Crippen molar-refractivity contribution in [3.05, 3.63) is 12.7 Å². The Morgan fingerprint density at radius 1 is 1.78 bits per heavy atom. The molecule has 0 N–H and O–H groups in total. The molecule has 0 saturated carbocycles. The lowest BCUT2D eigenvalue weighted by Crippen LogP contribution is -1.97. The molecule has 0 rings (SSSR count). The average Bonchev–Trinajstić information content (AvgIpc) is 1.93. The van der Waals surface area contributed by atoms with Crippen molar-refractivity contribution in [2.75, 3.05) is 13.8 Å². The normalized spacial score (nSPS) is 6.56. The molecule has 0 spiro atoms. The minimum atomic E-state index is -0.359. The number of esters is 1. The van der Waals surface area contributed by atoms with Crippen LogP contribution in [0.2, 0.25) is 0 Å². The van der Waals surface area contributed by atoms with E-state index < -0.39 is 0 Å². The molecule has 0 unspecified atom stereocenters. The van der Waals surface area contributed by atoms with Gasteiger partial charge >= 0.3 is 5.97 Å². The van der Waals surface area contributed by atoms with Crippen molar-refractivity contribution >= 4 is 5.97 Å². The number of halogens is 1. The summed E-state index contributed by atoms with van der Waals surface area (Å²) in [5.74, 6) is -0.359. The van der Waals surface area contributed by atoms with E-state index in [9.17, 15) is 9.18 Å². The maximum Gasteiger partial charge on any atom is 0.330 e. The van der Waals surface area contributed by atoms with Gasteiger partial charge in [-0.2, -0.15) is 0 Å². The highest BCUT2D eigenvalue weighted by Crippen LogP contribution is 1.74. The SMILES string of the molecule is C=CC(=O)OCC.CF. The summed E-state index contributed by atoms with van der Waals surface area (Å²) in [7, 11) is 0.500. The topological polar surface area (TPSA) is 26.3 Å². The molecule has 0 aliphatic rings. The Morgan fingerprint density at radius 3 is 2.33 bits per heavy atom. The Bertz CT molecular complexity index is 81.1. The van der Waals surface area contributed by atoms with Crippen molar-refractivity contribution in [3.8, 4) is 0 Å². The van der Waals surface area contributed by atoms with Crippen LogP contribution in [0.1, 0.15) is 6.92 Å². The zero-order chi connectivity index (χ0) is 7.70. The predicted octanol–water partition coefficient (Wildman–Crippen LogP) is 1.32. The molecule has 0 aromatic rings. The molecule has 54 valence electrons. The Morgan fingerprint density at radius 2 is 2.22 bits per heavy atom. The van der Waals surface area contributed by atoms with Gasteiger partial charge in [0.25, 0.3) is 0 Å². The van der Waals surface area contributed by atoms with Crippen LogP contribution in [0.3, 0.4) is 0 Å². The average molecular weight is 134 g/mol. The fourth-order valence-electron chi connectivity index (χ4n) is 0.201.